The van der Waals surface area contributed by atoms with Crippen molar-refractivity contribution in [3.8, 4) is 0 Å². The minimum atomic E-state index is -4.83. The molecule has 3 aromatic rings. The van der Waals surface area contributed by atoms with Gasteiger partial charge in [0.25, 0.3) is 11.5 Å². The smallest absolute Gasteiger partial charge is 0.332 e. The quantitative estimate of drug-likeness (QED) is 0.303. The van der Waals surface area contributed by atoms with E-state index in [-0.39, 0.29) is 30.1 Å². The van der Waals surface area contributed by atoms with E-state index in [4.69, 9.17) is 4.98 Å². The van der Waals surface area contributed by atoms with Gasteiger partial charge in [-0.2, -0.15) is 8.42 Å². The lowest BCUT2D eigenvalue weighted by atomic mass is 9.89. The molecular formula is C25H32FN5O5S. The molecule has 2 heterocycles. The van der Waals surface area contributed by atoms with Crippen LogP contribution < -0.4 is 16.6 Å². The molecule has 200 valence electrons. The Morgan fingerprint density at radius 1 is 1.08 bits per heavy atom. The highest BCUT2D eigenvalue weighted by Gasteiger charge is 2.23. The predicted octanol–water partition coefficient (Wildman–Crippen LogP) is 3.21. The molecule has 0 radical (unpaired) electrons. The molecule has 1 aromatic carbocycles. The van der Waals surface area contributed by atoms with Crippen molar-refractivity contribution in [1.82, 2.24) is 24.4 Å². The summed E-state index contributed by atoms with van der Waals surface area (Å²) in [4.78, 5) is 46.2. The normalized spacial score (nSPS) is 14.8. The number of carbonyl (C=O) groups excluding carboxylic acids is 1. The fraction of sp³-hybridized carbons (Fsp3) is 0.520. The van der Waals surface area contributed by atoms with Crippen molar-refractivity contribution in [1.29, 1.82) is 0 Å². The molecule has 0 atom stereocenters. The second-order valence-electron chi connectivity index (χ2n) is 9.47. The molecule has 2 aromatic heterocycles. The minimum Gasteiger partial charge on any atom is -0.352 e. The highest BCUT2D eigenvalue weighted by Crippen LogP contribution is 2.31. The van der Waals surface area contributed by atoms with Gasteiger partial charge in [0.05, 0.1) is 4.90 Å². The number of aromatic nitrogens is 4. The molecule has 0 saturated heterocycles. The molecule has 37 heavy (non-hydrogen) atoms. The number of benzene rings is 1. The van der Waals surface area contributed by atoms with E-state index in [9.17, 15) is 26.7 Å². The van der Waals surface area contributed by atoms with E-state index in [1.165, 1.54) is 27.7 Å². The van der Waals surface area contributed by atoms with E-state index in [1.54, 1.807) is 0 Å². The average molecular weight is 534 g/mol. The largest absolute Gasteiger partial charge is 0.352 e. The van der Waals surface area contributed by atoms with Crippen molar-refractivity contribution in [2.45, 2.75) is 82.2 Å². The zero-order valence-corrected chi connectivity index (χ0v) is 21.7. The lowest BCUT2D eigenvalue weighted by molar-refractivity contribution is 0.0952. The molecule has 1 amide bonds. The number of aryl methyl sites for hydroxylation is 1. The first-order valence-electron chi connectivity index (χ1n) is 12.8. The number of halogens is 1. The zero-order chi connectivity index (χ0) is 26.6. The Hall–Kier alpha value is -3.28. The number of carbonyl (C=O) groups is 1. The van der Waals surface area contributed by atoms with Gasteiger partial charge in [-0.15, -0.1) is 3.89 Å². The lowest BCUT2D eigenvalue weighted by Crippen LogP contribution is -2.40. The van der Waals surface area contributed by atoms with Crippen LogP contribution in [0.1, 0.15) is 80.4 Å². The Morgan fingerprint density at radius 3 is 2.41 bits per heavy atom. The van der Waals surface area contributed by atoms with Crippen LogP contribution in [0.4, 0.5) is 3.89 Å². The number of hydrogen-bond donors (Lipinski definition) is 2. The second kappa shape index (κ2) is 11.4. The molecule has 10 nitrogen and oxygen atoms in total. The maximum absolute atomic E-state index is 13.3. The summed E-state index contributed by atoms with van der Waals surface area (Å²) in [7, 11) is -4.83. The summed E-state index contributed by atoms with van der Waals surface area (Å²) in [6, 6.07) is 4.52. The molecule has 1 aliphatic rings. The zero-order valence-electron chi connectivity index (χ0n) is 20.8. The number of fused-ring (bicyclic) bond motifs is 1. The Kier molecular flexibility index (Phi) is 8.25. The summed E-state index contributed by atoms with van der Waals surface area (Å²) in [6.45, 7) is 2.79. The monoisotopic (exact) mass is 533 g/mol. The first-order chi connectivity index (χ1) is 17.7. The van der Waals surface area contributed by atoms with Gasteiger partial charge in [0.2, 0.25) is 0 Å². The molecule has 0 unspecified atom stereocenters. The van der Waals surface area contributed by atoms with Crippen LogP contribution in [0.15, 0.2) is 38.8 Å². The number of hydrogen-bond acceptors (Lipinski definition) is 6. The molecule has 2 N–H and O–H groups in total. The van der Waals surface area contributed by atoms with Crippen molar-refractivity contribution in [2.75, 3.05) is 6.54 Å². The molecule has 0 spiro atoms. The third-order valence-electron chi connectivity index (χ3n) is 6.85. The van der Waals surface area contributed by atoms with Crippen LogP contribution in [0.3, 0.4) is 0 Å². The fourth-order valence-electron chi connectivity index (χ4n) is 4.78. The molecule has 1 fully saturated rings. The van der Waals surface area contributed by atoms with Gasteiger partial charge < -0.3 is 10.3 Å². The van der Waals surface area contributed by atoms with Gasteiger partial charge in [-0.1, -0.05) is 32.6 Å². The molecule has 4 rings (SSSR count). The molecular weight excluding hydrogens is 501 g/mol. The van der Waals surface area contributed by atoms with E-state index in [0.29, 0.717) is 30.6 Å². The maximum Gasteiger partial charge on any atom is 0.332 e. The summed E-state index contributed by atoms with van der Waals surface area (Å²) in [5, 5.41) is 2.72. The Balaban J connectivity index is 1.52. The lowest BCUT2D eigenvalue weighted by Gasteiger charge is -2.18. The number of unbranched alkanes of at least 4 members (excludes halogenated alkanes) is 1. The number of nitrogens with one attached hydrogen (secondary N) is 2. The second-order valence-corrected chi connectivity index (χ2v) is 10.8. The van der Waals surface area contributed by atoms with Gasteiger partial charge in [0.15, 0.2) is 5.65 Å². The molecule has 0 bridgehead atoms. The van der Waals surface area contributed by atoms with Crippen LogP contribution in [0.5, 0.6) is 0 Å². The minimum absolute atomic E-state index is 0.185. The van der Waals surface area contributed by atoms with Crippen molar-refractivity contribution < 1.29 is 17.1 Å². The number of nitrogens with zero attached hydrogens (tertiary/aromatic N) is 3. The highest BCUT2D eigenvalue weighted by atomic mass is 32.3. The first kappa shape index (κ1) is 26.8. The van der Waals surface area contributed by atoms with Gasteiger partial charge in [0.1, 0.15) is 11.3 Å². The Labute approximate surface area is 214 Å². The Morgan fingerprint density at radius 2 is 1.76 bits per heavy atom. The van der Waals surface area contributed by atoms with Crippen molar-refractivity contribution in [2.24, 2.45) is 0 Å². The summed E-state index contributed by atoms with van der Waals surface area (Å²) in [5.74, 6) is 0.541. The van der Waals surface area contributed by atoms with Crippen LogP contribution in [0, 0.1) is 0 Å². The van der Waals surface area contributed by atoms with Crippen molar-refractivity contribution >= 4 is 27.3 Å². The number of aromatic amines is 1. The summed E-state index contributed by atoms with van der Waals surface area (Å²) in [6.07, 6.45) is 7.35. The molecule has 12 heteroatoms. The predicted molar refractivity (Wildman–Crippen MR) is 137 cm³/mol. The standard InChI is InChI=1S/C25H32FN5O5S/c1-2-3-15-31-24(33)20-22(29-21(28-20)17-8-5-4-6-9-17)30(25(31)34)16-7-14-27-23(32)18-10-12-19(13-11-18)37(26,35)36/h10-13,17H,2-9,14-16H2,1H3,(H,27,32)(H,28,29). The van der Waals surface area contributed by atoms with Crippen molar-refractivity contribution in [3.63, 3.8) is 0 Å². The molecule has 1 saturated carbocycles. The summed E-state index contributed by atoms with van der Waals surface area (Å²) in [5.41, 5.74) is 0.0960. The van der Waals surface area contributed by atoms with E-state index < -0.39 is 26.7 Å². The highest BCUT2D eigenvalue weighted by molar-refractivity contribution is 7.86. The number of H-pyrrole nitrogens is 1. The van der Waals surface area contributed by atoms with Gasteiger partial charge in [-0.25, -0.2) is 9.78 Å². The van der Waals surface area contributed by atoms with Gasteiger partial charge in [-0.05, 0) is 49.9 Å². The molecule has 1 aliphatic carbocycles. The topological polar surface area (TPSA) is 136 Å². The third-order valence-corrected chi connectivity index (χ3v) is 7.68. The van der Waals surface area contributed by atoms with Gasteiger partial charge in [-0.3, -0.25) is 18.7 Å². The van der Waals surface area contributed by atoms with Crippen LogP contribution in [-0.4, -0.2) is 40.0 Å². The fourth-order valence-corrected chi connectivity index (χ4v) is 5.24. The van der Waals surface area contributed by atoms with Crippen LogP contribution in [0.25, 0.3) is 11.2 Å². The van der Waals surface area contributed by atoms with Crippen molar-refractivity contribution in [3.05, 3.63) is 56.5 Å². The SMILES string of the molecule is CCCCn1c(=O)c2[nH]c(C3CCCCC3)nc2n(CCCNC(=O)c2ccc(S(=O)(=O)F)cc2)c1=O. The van der Waals surface area contributed by atoms with Crippen LogP contribution in [-0.2, 0) is 23.3 Å². The number of imidazole rings is 1. The first-order valence-corrected chi connectivity index (χ1v) is 14.1. The number of rotatable bonds is 10. The van der Waals surface area contributed by atoms with Crippen LogP contribution in [0.2, 0.25) is 0 Å². The average Bonchev–Trinajstić information content (AvgIpc) is 3.34. The Bertz CT molecular complexity index is 1480. The van der Waals surface area contributed by atoms with E-state index >= 15 is 0 Å². The third kappa shape index (κ3) is 6.00. The van der Waals surface area contributed by atoms with Crippen LogP contribution >= 0.6 is 0 Å². The number of amides is 1. The van der Waals surface area contributed by atoms with E-state index in [0.717, 1.165) is 50.1 Å². The van der Waals surface area contributed by atoms with Gasteiger partial charge in [0, 0.05) is 31.1 Å². The maximum atomic E-state index is 13.3. The van der Waals surface area contributed by atoms with Gasteiger partial charge >= 0.3 is 15.9 Å². The summed E-state index contributed by atoms with van der Waals surface area (Å²) >= 11 is 0. The summed E-state index contributed by atoms with van der Waals surface area (Å²) < 4.78 is 37.7. The molecule has 0 aliphatic heterocycles. The van der Waals surface area contributed by atoms with E-state index in [2.05, 4.69) is 10.3 Å². The van der Waals surface area contributed by atoms with E-state index in [1.807, 2.05) is 6.92 Å².